The number of carbonyl (C=O) groups excluding carboxylic acids is 1. The Bertz CT molecular complexity index is 276. The fraction of sp³-hybridized carbons (Fsp3) is 0.889. The molecule has 2 unspecified atom stereocenters. The Morgan fingerprint density at radius 2 is 1.93 bits per heavy atom. The van der Waals surface area contributed by atoms with Crippen LogP contribution >= 0.6 is 0 Å². The van der Waals surface area contributed by atoms with Crippen molar-refractivity contribution in [3.8, 4) is 0 Å². The van der Waals surface area contributed by atoms with E-state index in [4.69, 9.17) is 18.9 Å². The number of methoxy groups -OCH3 is 1. The highest BCUT2D eigenvalue weighted by Crippen LogP contribution is 2.36. The third kappa shape index (κ3) is 1.58. The van der Waals surface area contributed by atoms with E-state index in [0.717, 1.165) is 0 Å². The number of rotatable bonds is 1. The first kappa shape index (κ1) is 10.7. The molecule has 0 bridgehead atoms. The van der Waals surface area contributed by atoms with E-state index in [-0.39, 0.29) is 0 Å². The monoisotopic (exact) mass is 218 g/mol. The number of hydrogen-bond donors (Lipinski definition) is 1. The molecule has 2 heterocycles. The van der Waals surface area contributed by atoms with Crippen molar-refractivity contribution >= 4 is 6.16 Å². The summed E-state index contributed by atoms with van der Waals surface area (Å²) in [6.45, 7) is 3.51. The van der Waals surface area contributed by atoms with Crippen molar-refractivity contribution in [2.24, 2.45) is 0 Å². The highest BCUT2D eigenvalue weighted by atomic mass is 16.8. The third-order valence-corrected chi connectivity index (χ3v) is 2.73. The van der Waals surface area contributed by atoms with E-state index in [1.807, 2.05) is 0 Å². The van der Waals surface area contributed by atoms with Gasteiger partial charge in [-0.2, -0.15) is 0 Å². The maximum Gasteiger partial charge on any atom is 0.509 e. The molecule has 0 aliphatic carbocycles. The van der Waals surface area contributed by atoms with Crippen molar-refractivity contribution in [1.82, 2.24) is 0 Å². The maximum atomic E-state index is 11.0. The average molecular weight is 218 g/mol. The van der Waals surface area contributed by atoms with Gasteiger partial charge in [0.1, 0.15) is 6.10 Å². The van der Waals surface area contributed by atoms with Crippen LogP contribution in [-0.2, 0) is 18.9 Å². The fourth-order valence-corrected chi connectivity index (χ4v) is 2.10. The molecule has 2 aliphatic heterocycles. The van der Waals surface area contributed by atoms with Gasteiger partial charge in [0.15, 0.2) is 18.5 Å². The molecule has 0 radical (unpaired) electrons. The molecular formula is C9H14O6. The molecule has 1 N–H and O–H groups in total. The van der Waals surface area contributed by atoms with Gasteiger partial charge in [-0.15, -0.1) is 0 Å². The summed E-state index contributed by atoms with van der Waals surface area (Å²) >= 11 is 0. The van der Waals surface area contributed by atoms with Crippen LogP contribution in [0.25, 0.3) is 0 Å². The summed E-state index contributed by atoms with van der Waals surface area (Å²) in [5.74, 6) is 0. The van der Waals surface area contributed by atoms with Gasteiger partial charge in [-0.1, -0.05) is 0 Å². The van der Waals surface area contributed by atoms with Gasteiger partial charge in [0.05, 0.1) is 5.60 Å². The predicted octanol–water partition coefficient (Wildman–Crippen LogP) is 0.0326. The van der Waals surface area contributed by atoms with E-state index in [9.17, 15) is 9.90 Å². The van der Waals surface area contributed by atoms with Crippen LogP contribution in [0.3, 0.4) is 0 Å². The number of ether oxygens (including phenoxy) is 4. The zero-order valence-electron chi connectivity index (χ0n) is 8.80. The Hall–Kier alpha value is -0.850. The standard InChI is InChI=1S/C9H14O6/c1-9(2)6(12-3)4-5(7(10)15-9)14-8(11)13-4/h4-7,10H,1-3H3/t4?,5-,6+,7?/m0/s1. The molecule has 0 aromatic heterocycles. The molecule has 0 aromatic carbocycles. The third-order valence-electron chi connectivity index (χ3n) is 2.73. The lowest BCUT2D eigenvalue weighted by Crippen LogP contribution is -2.61. The summed E-state index contributed by atoms with van der Waals surface area (Å²) in [7, 11) is 1.50. The molecule has 2 rings (SSSR count). The van der Waals surface area contributed by atoms with Gasteiger partial charge in [-0.05, 0) is 13.8 Å². The quantitative estimate of drug-likeness (QED) is 0.626. The first-order chi connectivity index (χ1) is 6.95. The van der Waals surface area contributed by atoms with Crippen LogP contribution in [0, 0.1) is 0 Å². The molecule has 15 heavy (non-hydrogen) atoms. The maximum absolute atomic E-state index is 11.0. The van der Waals surface area contributed by atoms with Gasteiger partial charge in [0, 0.05) is 7.11 Å². The lowest BCUT2D eigenvalue weighted by molar-refractivity contribution is -0.291. The molecular weight excluding hydrogens is 204 g/mol. The van der Waals surface area contributed by atoms with E-state index in [2.05, 4.69) is 0 Å². The van der Waals surface area contributed by atoms with Crippen molar-refractivity contribution in [3.05, 3.63) is 0 Å². The number of hydrogen-bond acceptors (Lipinski definition) is 6. The lowest BCUT2D eigenvalue weighted by Gasteiger charge is -2.43. The summed E-state index contributed by atoms with van der Waals surface area (Å²) in [6.07, 6.45) is -3.87. The van der Waals surface area contributed by atoms with E-state index in [0.29, 0.717) is 0 Å². The van der Waals surface area contributed by atoms with Gasteiger partial charge < -0.3 is 24.1 Å². The minimum atomic E-state index is -1.18. The molecule has 0 saturated carbocycles. The number of carbonyl (C=O) groups is 1. The van der Waals surface area contributed by atoms with Crippen LogP contribution in [-0.4, -0.2) is 48.6 Å². The van der Waals surface area contributed by atoms with Gasteiger partial charge in [-0.25, -0.2) is 4.79 Å². The highest BCUT2D eigenvalue weighted by Gasteiger charge is 2.57. The second kappa shape index (κ2) is 3.33. The molecule has 6 heteroatoms. The Kier molecular flexibility index (Phi) is 2.37. The smallest absolute Gasteiger partial charge is 0.424 e. The van der Waals surface area contributed by atoms with Crippen molar-refractivity contribution in [1.29, 1.82) is 0 Å². The van der Waals surface area contributed by atoms with E-state index in [1.165, 1.54) is 7.11 Å². The van der Waals surface area contributed by atoms with Gasteiger partial charge in [0.25, 0.3) is 0 Å². The van der Waals surface area contributed by atoms with Crippen LogP contribution < -0.4 is 0 Å². The van der Waals surface area contributed by atoms with Crippen molar-refractivity contribution in [2.45, 2.75) is 44.1 Å². The Morgan fingerprint density at radius 3 is 2.53 bits per heavy atom. The predicted molar refractivity (Wildman–Crippen MR) is 47.1 cm³/mol. The molecule has 0 aromatic rings. The first-order valence-electron chi connectivity index (χ1n) is 4.71. The summed E-state index contributed by atoms with van der Waals surface area (Å²) in [4.78, 5) is 11.0. The molecule has 2 aliphatic rings. The minimum Gasteiger partial charge on any atom is -0.424 e. The van der Waals surface area contributed by atoms with Crippen LogP contribution in [0.15, 0.2) is 0 Å². The summed E-state index contributed by atoms with van der Waals surface area (Å²) in [5.41, 5.74) is -0.733. The second-order valence-electron chi connectivity index (χ2n) is 4.18. The molecule has 0 spiro atoms. The Labute approximate surface area is 87.1 Å². The molecule has 86 valence electrons. The van der Waals surface area contributed by atoms with Crippen LogP contribution in [0.5, 0.6) is 0 Å². The summed E-state index contributed by atoms with van der Waals surface area (Å²) < 4.78 is 20.3. The molecule has 2 saturated heterocycles. The second-order valence-corrected chi connectivity index (χ2v) is 4.18. The van der Waals surface area contributed by atoms with Crippen molar-refractivity contribution < 1.29 is 28.8 Å². The van der Waals surface area contributed by atoms with Gasteiger partial charge in [0.2, 0.25) is 0 Å². The van der Waals surface area contributed by atoms with E-state index in [1.54, 1.807) is 13.8 Å². The molecule has 4 atom stereocenters. The van der Waals surface area contributed by atoms with Gasteiger partial charge in [-0.3, -0.25) is 0 Å². The first-order valence-corrected chi connectivity index (χ1v) is 4.71. The molecule has 6 nitrogen and oxygen atoms in total. The normalized spacial score (nSPS) is 43.1. The average Bonchev–Trinajstić information content (AvgIpc) is 2.46. The van der Waals surface area contributed by atoms with E-state index >= 15 is 0 Å². The molecule has 2 fully saturated rings. The van der Waals surface area contributed by atoms with Gasteiger partial charge >= 0.3 is 6.16 Å². The Morgan fingerprint density at radius 1 is 1.33 bits per heavy atom. The fourth-order valence-electron chi connectivity index (χ4n) is 2.10. The topological polar surface area (TPSA) is 74.2 Å². The minimum absolute atomic E-state index is 0.461. The molecule has 0 amide bonds. The zero-order chi connectivity index (χ0) is 11.2. The highest BCUT2D eigenvalue weighted by molar-refractivity contribution is 5.63. The van der Waals surface area contributed by atoms with Crippen molar-refractivity contribution in [3.63, 3.8) is 0 Å². The SMILES string of the molecule is CO[C@@H]1C2OC(=O)O[C@@H]2C(O)OC1(C)C. The van der Waals surface area contributed by atoms with Crippen LogP contribution in [0.2, 0.25) is 0 Å². The number of aliphatic hydroxyl groups is 1. The van der Waals surface area contributed by atoms with Crippen molar-refractivity contribution in [2.75, 3.05) is 7.11 Å². The van der Waals surface area contributed by atoms with Crippen LogP contribution in [0.1, 0.15) is 13.8 Å². The zero-order valence-corrected chi connectivity index (χ0v) is 8.80. The van der Waals surface area contributed by atoms with E-state index < -0.39 is 36.4 Å². The largest absolute Gasteiger partial charge is 0.509 e. The Balaban J connectivity index is 2.26. The summed E-state index contributed by atoms with van der Waals surface area (Å²) in [6, 6.07) is 0. The van der Waals surface area contributed by atoms with Crippen LogP contribution in [0.4, 0.5) is 4.79 Å². The summed E-state index contributed by atoms with van der Waals surface area (Å²) in [5, 5.41) is 9.61. The lowest BCUT2D eigenvalue weighted by atomic mass is 9.90. The number of fused-ring (bicyclic) bond motifs is 1. The number of aliphatic hydroxyl groups excluding tert-OH is 1.